The lowest BCUT2D eigenvalue weighted by Crippen LogP contribution is -2.50. The molecule has 0 spiro atoms. The van der Waals surface area contributed by atoms with Crippen LogP contribution in [0.4, 0.5) is 0 Å². The van der Waals surface area contributed by atoms with Crippen molar-refractivity contribution in [2.45, 2.75) is 32.8 Å². The lowest BCUT2D eigenvalue weighted by Gasteiger charge is -2.33. The lowest BCUT2D eigenvalue weighted by atomic mass is 10.0. The van der Waals surface area contributed by atoms with Gasteiger partial charge in [0.25, 0.3) is 5.91 Å². The first-order chi connectivity index (χ1) is 9.97. The van der Waals surface area contributed by atoms with Crippen LogP contribution in [0.1, 0.15) is 32.3 Å². The van der Waals surface area contributed by atoms with Crippen molar-refractivity contribution in [1.82, 2.24) is 9.80 Å². The van der Waals surface area contributed by atoms with E-state index in [1.54, 1.807) is 0 Å². The van der Waals surface area contributed by atoms with Crippen LogP contribution in [0.5, 0.6) is 5.75 Å². The minimum Gasteiger partial charge on any atom is -0.481 e. The summed E-state index contributed by atoms with van der Waals surface area (Å²) in [6, 6.07) is 8.02. The molecule has 0 saturated carbocycles. The van der Waals surface area contributed by atoms with E-state index in [0.717, 1.165) is 31.9 Å². The molecule has 2 rings (SSSR count). The van der Waals surface area contributed by atoms with E-state index in [0.29, 0.717) is 5.92 Å². The average molecular weight is 290 g/mol. The molecule has 1 aliphatic rings. The van der Waals surface area contributed by atoms with Crippen molar-refractivity contribution in [2.75, 3.05) is 33.2 Å². The summed E-state index contributed by atoms with van der Waals surface area (Å²) < 4.78 is 5.79. The molecule has 1 aliphatic heterocycles. The molecule has 1 amide bonds. The first kappa shape index (κ1) is 15.8. The highest BCUT2D eigenvalue weighted by Gasteiger charge is 2.24. The largest absolute Gasteiger partial charge is 0.481 e. The third kappa shape index (κ3) is 4.21. The Kier molecular flexibility index (Phi) is 5.23. The number of nitrogens with zero attached hydrogens (tertiary/aromatic N) is 2. The van der Waals surface area contributed by atoms with Gasteiger partial charge in [0.05, 0.1) is 0 Å². The van der Waals surface area contributed by atoms with E-state index in [1.807, 2.05) is 24.0 Å². The summed E-state index contributed by atoms with van der Waals surface area (Å²) in [5.74, 6) is 1.34. The van der Waals surface area contributed by atoms with Gasteiger partial charge in [0.2, 0.25) is 0 Å². The zero-order valence-electron chi connectivity index (χ0n) is 13.5. The number of benzene rings is 1. The fourth-order valence-corrected chi connectivity index (χ4v) is 2.47. The number of amides is 1. The predicted molar refractivity (Wildman–Crippen MR) is 84.7 cm³/mol. The Hall–Kier alpha value is -1.55. The molecular formula is C17H26N2O2. The normalized spacial score (nSPS) is 17.9. The van der Waals surface area contributed by atoms with Crippen molar-refractivity contribution in [2.24, 2.45) is 0 Å². The predicted octanol–water partition coefficient (Wildman–Crippen LogP) is 2.35. The van der Waals surface area contributed by atoms with Crippen molar-refractivity contribution in [3.05, 3.63) is 29.8 Å². The number of rotatable bonds is 4. The number of carbonyl (C=O) groups excluding carboxylic acids is 1. The van der Waals surface area contributed by atoms with Gasteiger partial charge in [-0.2, -0.15) is 0 Å². The van der Waals surface area contributed by atoms with Gasteiger partial charge in [-0.3, -0.25) is 4.79 Å². The van der Waals surface area contributed by atoms with Gasteiger partial charge in [0, 0.05) is 26.2 Å². The van der Waals surface area contributed by atoms with Gasteiger partial charge >= 0.3 is 0 Å². The maximum atomic E-state index is 12.4. The van der Waals surface area contributed by atoms with Gasteiger partial charge in [-0.15, -0.1) is 0 Å². The summed E-state index contributed by atoms with van der Waals surface area (Å²) in [6.45, 7) is 9.59. The third-order valence-corrected chi connectivity index (χ3v) is 4.02. The summed E-state index contributed by atoms with van der Waals surface area (Å²) >= 11 is 0. The number of hydrogen-bond acceptors (Lipinski definition) is 3. The van der Waals surface area contributed by atoms with Gasteiger partial charge in [-0.05, 0) is 37.6 Å². The highest BCUT2D eigenvalue weighted by molar-refractivity contribution is 5.81. The molecule has 1 atom stereocenters. The Morgan fingerprint density at radius 2 is 1.62 bits per heavy atom. The van der Waals surface area contributed by atoms with Crippen molar-refractivity contribution >= 4 is 5.91 Å². The molecular weight excluding hydrogens is 264 g/mol. The lowest BCUT2D eigenvalue weighted by molar-refractivity contribution is -0.139. The number of ether oxygens (including phenoxy) is 1. The number of carbonyl (C=O) groups is 1. The Morgan fingerprint density at radius 1 is 1.05 bits per heavy atom. The second kappa shape index (κ2) is 6.94. The van der Waals surface area contributed by atoms with Gasteiger partial charge in [0.15, 0.2) is 6.10 Å². The molecule has 4 nitrogen and oxygen atoms in total. The van der Waals surface area contributed by atoms with Crippen molar-refractivity contribution in [1.29, 1.82) is 0 Å². The standard InChI is InChI=1S/C17H26N2O2/c1-13(2)15-5-7-16(8-6-15)21-14(3)17(20)19-11-9-18(4)10-12-19/h5-8,13-14H,9-12H2,1-4H3/t14-/m0/s1. The van der Waals surface area contributed by atoms with Crippen LogP contribution in [-0.2, 0) is 4.79 Å². The smallest absolute Gasteiger partial charge is 0.263 e. The van der Waals surface area contributed by atoms with Crippen LogP contribution >= 0.6 is 0 Å². The molecule has 1 heterocycles. The fraction of sp³-hybridized carbons (Fsp3) is 0.588. The molecule has 1 aromatic rings. The van der Waals surface area contributed by atoms with Crippen LogP contribution < -0.4 is 4.74 Å². The molecule has 1 aromatic carbocycles. The van der Waals surface area contributed by atoms with E-state index in [9.17, 15) is 4.79 Å². The van der Waals surface area contributed by atoms with Crippen molar-refractivity contribution in [3.8, 4) is 5.75 Å². The van der Waals surface area contributed by atoms with E-state index < -0.39 is 6.10 Å². The molecule has 0 aromatic heterocycles. The summed E-state index contributed by atoms with van der Waals surface area (Å²) in [5.41, 5.74) is 1.28. The van der Waals surface area contributed by atoms with Crippen LogP contribution in [0, 0.1) is 0 Å². The van der Waals surface area contributed by atoms with Crippen LogP contribution in [0.25, 0.3) is 0 Å². The molecule has 4 heteroatoms. The third-order valence-electron chi connectivity index (χ3n) is 4.02. The maximum absolute atomic E-state index is 12.4. The Bertz CT molecular complexity index is 462. The zero-order chi connectivity index (χ0) is 15.4. The van der Waals surface area contributed by atoms with Crippen LogP contribution in [0.15, 0.2) is 24.3 Å². The Balaban J connectivity index is 1.91. The van der Waals surface area contributed by atoms with Crippen LogP contribution in [-0.4, -0.2) is 55.0 Å². The van der Waals surface area contributed by atoms with Crippen molar-refractivity contribution in [3.63, 3.8) is 0 Å². The molecule has 21 heavy (non-hydrogen) atoms. The van der Waals surface area contributed by atoms with E-state index in [-0.39, 0.29) is 5.91 Å². The summed E-state index contributed by atoms with van der Waals surface area (Å²) in [4.78, 5) is 16.5. The average Bonchev–Trinajstić information content (AvgIpc) is 2.47. The maximum Gasteiger partial charge on any atom is 0.263 e. The first-order valence-corrected chi connectivity index (χ1v) is 7.71. The minimum atomic E-state index is -0.432. The molecule has 0 bridgehead atoms. The summed E-state index contributed by atoms with van der Waals surface area (Å²) in [7, 11) is 2.08. The highest BCUT2D eigenvalue weighted by atomic mass is 16.5. The molecule has 0 radical (unpaired) electrons. The second-order valence-corrected chi connectivity index (χ2v) is 6.11. The number of piperazine rings is 1. The van der Waals surface area contributed by atoms with Gasteiger partial charge in [0.1, 0.15) is 5.75 Å². The summed E-state index contributed by atoms with van der Waals surface area (Å²) in [6.07, 6.45) is -0.432. The molecule has 1 fully saturated rings. The fourth-order valence-electron chi connectivity index (χ4n) is 2.47. The van der Waals surface area contributed by atoms with E-state index >= 15 is 0 Å². The molecule has 0 unspecified atom stereocenters. The second-order valence-electron chi connectivity index (χ2n) is 6.11. The summed E-state index contributed by atoms with van der Waals surface area (Å²) in [5, 5.41) is 0. The molecule has 0 aliphatic carbocycles. The molecule has 116 valence electrons. The molecule has 0 N–H and O–H groups in total. The zero-order valence-corrected chi connectivity index (χ0v) is 13.5. The SMILES string of the molecule is CC(C)c1ccc(O[C@@H](C)C(=O)N2CCN(C)CC2)cc1. The van der Waals surface area contributed by atoms with Gasteiger partial charge in [-0.25, -0.2) is 0 Å². The highest BCUT2D eigenvalue weighted by Crippen LogP contribution is 2.19. The van der Waals surface area contributed by atoms with Gasteiger partial charge in [-0.1, -0.05) is 26.0 Å². The van der Waals surface area contributed by atoms with Gasteiger partial charge < -0.3 is 14.5 Å². The Labute approximate surface area is 127 Å². The number of hydrogen-bond donors (Lipinski definition) is 0. The minimum absolute atomic E-state index is 0.0797. The van der Waals surface area contributed by atoms with E-state index in [4.69, 9.17) is 4.74 Å². The van der Waals surface area contributed by atoms with E-state index in [2.05, 4.69) is 37.9 Å². The first-order valence-electron chi connectivity index (χ1n) is 7.71. The quantitative estimate of drug-likeness (QED) is 0.853. The van der Waals surface area contributed by atoms with Crippen molar-refractivity contribution < 1.29 is 9.53 Å². The number of likely N-dealkylation sites (N-methyl/N-ethyl adjacent to an activating group) is 1. The monoisotopic (exact) mass is 290 g/mol. The Morgan fingerprint density at radius 3 is 2.14 bits per heavy atom. The van der Waals surface area contributed by atoms with Crippen LogP contribution in [0.3, 0.4) is 0 Å². The topological polar surface area (TPSA) is 32.8 Å². The van der Waals surface area contributed by atoms with E-state index in [1.165, 1.54) is 5.56 Å². The molecule has 1 saturated heterocycles. The van der Waals surface area contributed by atoms with Crippen LogP contribution in [0.2, 0.25) is 0 Å².